The topological polar surface area (TPSA) is 75.2 Å². The molecule has 0 radical (unpaired) electrons. The van der Waals surface area contributed by atoms with Gasteiger partial charge in [-0.05, 0) is 24.6 Å². The summed E-state index contributed by atoms with van der Waals surface area (Å²) in [6, 6.07) is 9.19. The van der Waals surface area contributed by atoms with E-state index in [1.807, 2.05) is 31.2 Å². The molecule has 0 bridgehead atoms. The number of carbonyl (C=O) groups is 1. The number of carboxylic acids is 1. The lowest BCUT2D eigenvalue weighted by Crippen LogP contribution is -1.95. The molecule has 18 heavy (non-hydrogen) atoms. The van der Waals surface area contributed by atoms with Crippen molar-refractivity contribution in [3.63, 3.8) is 0 Å². The van der Waals surface area contributed by atoms with Gasteiger partial charge in [0.15, 0.2) is 0 Å². The van der Waals surface area contributed by atoms with Crippen LogP contribution < -0.4 is 0 Å². The smallest absolute Gasteiger partial charge is 0.353 e. The van der Waals surface area contributed by atoms with E-state index < -0.39 is 5.97 Å². The zero-order valence-electron chi connectivity index (χ0n) is 10.2. The molecular weight excluding hydrogens is 232 g/mol. The summed E-state index contributed by atoms with van der Waals surface area (Å²) in [5, 5.41) is 15.3. The van der Waals surface area contributed by atoms with E-state index >= 15 is 0 Å². The number of aromatic nitrogens is 2. The number of aromatic amines is 1. The van der Waals surface area contributed by atoms with Crippen LogP contribution in [0.4, 0.5) is 0 Å². The normalized spacial score (nSPS) is 12.3. The fourth-order valence-electron chi connectivity index (χ4n) is 1.67. The molecule has 0 spiro atoms. The molecule has 2 aromatic rings. The van der Waals surface area contributed by atoms with Crippen LogP contribution >= 0.6 is 0 Å². The molecule has 1 heterocycles. The summed E-state index contributed by atoms with van der Waals surface area (Å²) < 4.78 is 5.25. The largest absolute Gasteiger partial charge is 0.477 e. The number of nitrogens with zero attached hydrogens (tertiary/aromatic N) is 1. The molecule has 1 aromatic carbocycles. The lowest BCUT2D eigenvalue weighted by atomic mass is 10.0. The molecule has 5 nitrogen and oxygen atoms in total. The van der Waals surface area contributed by atoms with Crippen LogP contribution in [0.25, 0.3) is 11.3 Å². The molecule has 0 aliphatic heterocycles. The van der Waals surface area contributed by atoms with Crippen molar-refractivity contribution in [3.8, 4) is 11.3 Å². The van der Waals surface area contributed by atoms with E-state index in [1.54, 1.807) is 7.11 Å². The number of H-pyrrole nitrogens is 1. The third-order valence-electron chi connectivity index (χ3n) is 2.81. The highest BCUT2D eigenvalue weighted by Gasteiger charge is 2.10. The molecular formula is C13H14N2O3. The Morgan fingerprint density at radius 2 is 2.22 bits per heavy atom. The number of carboxylic acid groups (broad SMARTS) is 1. The van der Waals surface area contributed by atoms with Gasteiger partial charge in [-0.15, -0.1) is 0 Å². The van der Waals surface area contributed by atoms with Crippen molar-refractivity contribution in [1.29, 1.82) is 0 Å². The van der Waals surface area contributed by atoms with Crippen molar-refractivity contribution in [1.82, 2.24) is 10.2 Å². The maximum Gasteiger partial charge on any atom is 0.353 e. The van der Waals surface area contributed by atoms with E-state index in [2.05, 4.69) is 10.2 Å². The second kappa shape index (κ2) is 5.01. The fourth-order valence-corrected chi connectivity index (χ4v) is 1.67. The Bertz CT molecular complexity index is 563. The summed E-state index contributed by atoms with van der Waals surface area (Å²) in [6.45, 7) is 1.95. The first-order chi connectivity index (χ1) is 8.61. The van der Waals surface area contributed by atoms with Gasteiger partial charge in [0, 0.05) is 12.7 Å². The average Bonchev–Trinajstić information content (AvgIpc) is 2.88. The zero-order chi connectivity index (χ0) is 13.1. The minimum atomic E-state index is -1.02. The number of nitrogens with one attached hydrogen (secondary N) is 1. The first kappa shape index (κ1) is 12.3. The number of ether oxygens (including phenoxy) is 1. The van der Waals surface area contributed by atoms with Gasteiger partial charge in [-0.2, -0.15) is 5.10 Å². The Balaban J connectivity index is 2.35. The second-order valence-corrected chi connectivity index (χ2v) is 3.98. The van der Waals surface area contributed by atoms with Crippen LogP contribution in [0, 0.1) is 0 Å². The Labute approximate surface area is 104 Å². The number of hydrogen-bond donors (Lipinski definition) is 2. The maximum atomic E-state index is 10.8. The Kier molecular flexibility index (Phi) is 3.43. The van der Waals surface area contributed by atoms with Gasteiger partial charge in [-0.3, -0.25) is 5.10 Å². The van der Waals surface area contributed by atoms with Gasteiger partial charge >= 0.3 is 5.97 Å². The van der Waals surface area contributed by atoms with E-state index in [1.165, 1.54) is 6.07 Å². The number of hydrogen-bond acceptors (Lipinski definition) is 3. The highest BCUT2D eigenvalue weighted by molar-refractivity contribution is 5.86. The van der Waals surface area contributed by atoms with Gasteiger partial charge in [0.2, 0.25) is 0 Å². The molecule has 94 valence electrons. The number of aromatic carboxylic acids is 1. The summed E-state index contributed by atoms with van der Waals surface area (Å²) >= 11 is 0. The van der Waals surface area contributed by atoms with Crippen molar-refractivity contribution in [2.45, 2.75) is 13.0 Å². The number of rotatable bonds is 4. The fraction of sp³-hybridized carbons (Fsp3) is 0.231. The summed E-state index contributed by atoms with van der Waals surface area (Å²) in [7, 11) is 1.65. The standard InChI is InChI=1S/C13H14N2O3/c1-8(18-2)9-4-3-5-10(6-9)11-7-12(13(16)17)15-14-11/h3-8H,1-2H3,(H,14,15)(H,16,17). The van der Waals surface area contributed by atoms with Gasteiger partial charge in [0.25, 0.3) is 0 Å². The highest BCUT2D eigenvalue weighted by Crippen LogP contribution is 2.23. The van der Waals surface area contributed by atoms with Crippen molar-refractivity contribution in [2.75, 3.05) is 7.11 Å². The molecule has 1 aromatic heterocycles. The molecule has 1 unspecified atom stereocenters. The lowest BCUT2D eigenvalue weighted by molar-refractivity contribution is 0.0690. The molecule has 0 amide bonds. The van der Waals surface area contributed by atoms with Crippen molar-refractivity contribution < 1.29 is 14.6 Å². The molecule has 5 heteroatoms. The monoisotopic (exact) mass is 246 g/mol. The summed E-state index contributed by atoms with van der Waals surface area (Å²) in [4.78, 5) is 10.8. The number of methoxy groups -OCH3 is 1. The van der Waals surface area contributed by atoms with Gasteiger partial charge < -0.3 is 9.84 Å². The van der Waals surface area contributed by atoms with Crippen molar-refractivity contribution in [2.24, 2.45) is 0 Å². The quantitative estimate of drug-likeness (QED) is 0.869. The van der Waals surface area contributed by atoms with Gasteiger partial charge in [0.1, 0.15) is 5.69 Å². The SMILES string of the molecule is COC(C)c1cccc(-c2cc(C(=O)O)[nH]n2)c1. The van der Waals surface area contributed by atoms with Crippen LogP contribution in [0.2, 0.25) is 0 Å². The van der Waals surface area contributed by atoms with E-state index in [0.717, 1.165) is 11.1 Å². The first-order valence-electron chi connectivity index (χ1n) is 5.53. The molecule has 0 aliphatic rings. The Morgan fingerprint density at radius 1 is 1.44 bits per heavy atom. The van der Waals surface area contributed by atoms with Crippen LogP contribution in [-0.2, 0) is 4.74 Å². The van der Waals surface area contributed by atoms with Crippen LogP contribution in [-0.4, -0.2) is 28.4 Å². The van der Waals surface area contributed by atoms with Gasteiger partial charge in [-0.25, -0.2) is 4.79 Å². The molecule has 1 atom stereocenters. The third-order valence-corrected chi connectivity index (χ3v) is 2.81. The maximum absolute atomic E-state index is 10.8. The first-order valence-corrected chi connectivity index (χ1v) is 5.53. The third kappa shape index (κ3) is 2.41. The van der Waals surface area contributed by atoms with E-state index in [-0.39, 0.29) is 11.8 Å². The van der Waals surface area contributed by atoms with Crippen LogP contribution in [0.1, 0.15) is 29.1 Å². The molecule has 2 N–H and O–H groups in total. The van der Waals surface area contributed by atoms with Crippen molar-refractivity contribution in [3.05, 3.63) is 41.6 Å². The molecule has 2 rings (SSSR count). The van der Waals surface area contributed by atoms with Gasteiger partial charge in [0.05, 0.1) is 11.8 Å². The summed E-state index contributed by atoms with van der Waals surface area (Å²) in [5.41, 5.74) is 2.57. The lowest BCUT2D eigenvalue weighted by Gasteiger charge is -2.10. The van der Waals surface area contributed by atoms with E-state index in [0.29, 0.717) is 5.69 Å². The summed E-state index contributed by atoms with van der Waals surface area (Å²) in [5.74, 6) is -1.02. The molecule has 0 saturated carbocycles. The highest BCUT2D eigenvalue weighted by atomic mass is 16.5. The Hall–Kier alpha value is -2.14. The van der Waals surface area contributed by atoms with E-state index in [9.17, 15) is 4.79 Å². The predicted octanol–water partition coefficient (Wildman–Crippen LogP) is 2.48. The minimum absolute atomic E-state index is 0.0113. The summed E-state index contributed by atoms with van der Waals surface area (Å²) in [6.07, 6.45) is -0.0113. The number of benzene rings is 1. The zero-order valence-corrected chi connectivity index (χ0v) is 10.2. The molecule has 0 aliphatic carbocycles. The average molecular weight is 246 g/mol. The van der Waals surface area contributed by atoms with E-state index in [4.69, 9.17) is 9.84 Å². The van der Waals surface area contributed by atoms with Crippen molar-refractivity contribution >= 4 is 5.97 Å². The van der Waals surface area contributed by atoms with Crippen LogP contribution in [0.3, 0.4) is 0 Å². The molecule has 0 saturated heterocycles. The Morgan fingerprint density at radius 3 is 2.83 bits per heavy atom. The van der Waals surface area contributed by atoms with Gasteiger partial charge in [-0.1, -0.05) is 18.2 Å². The van der Waals surface area contributed by atoms with Crippen LogP contribution in [0.15, 0.2) is 30.3 Å². The second-order valence-electron chi connectivity index (χ2n) is 3.98. The molecule has 0 fully saturated rings. The minimum Gasteiger partial charge on any atom is -0.477 e. The van der Waals surface area contributed by atoms with Crippen LogP contribution in [0.5, 0.6) is 0 Å². The predicted molar refractivity (Wildman–Crippen MR) is 66.4 cm³/mol.